The van der Waals surface area contributed by atoms with E-state index >= 15 is 0 Å². The van der Waals surface area contributed by atoms with Crippen LogP contribution in [0, 0.1) is 0 Å². The number of benzene rings is 3. The number of rotatable bonds is 5. The summed E-state index contributed by atoms with van der Waals surface area (Å²) in [6.45, 7) is 0. The zero-order valence-corrected chi connectivity index (χ0v) is 16.8. The lowest BCUT2D eigenvalue weighted by atomic mass is 9.99. The van der Waals surface area contributed by atoms with Crippen molar-refractivity contribution in [2.75, 3.05) is 11.1 Å². The van der Waals surface area contributed by atoms with Crippen LogP contribution in [0.4, 0.5) is 11.6 Å². The molecule has 3 aromatic carbocycles. The van der Waals surface area contributed by atoms with Gasteiger partial charge in [-0.1, -0.05) is 78.9 Å². The number of aromatic nitrogens is 3. The van der Waals surface area contributed by atoms with Gasteiger partial charge in [0.2, 0.25) is 0 Å². The Labute approximate surface area is 180 Å². The molecular weight excluding hydrogens is 382 g/mol. The zero-order valence-electron chi connectivity index (χ0n) is 16.8. The van der Waals surface area contributed by atoms with Crippen molar-refractivity contribution in [1.82, 2.24) is 15.0 Å². The first-order valence-electron chi connectivity index (χ1n) is 10.1. The SMILES string of the molecule is Nc1ncc(-c2cccc3ncccc23)nc1NC(c1ccccc1)c1ccccc1. The van der Waals surface area contributed by atoms with E-state index in [-0.39, 0.29) is 6.04 Å². The van der Waals surface area contributed by atoms with Gasteiger partial charge in [-0.05, 0) is 23.3 Å². The third kappa shape index (κ3) is 3.81. The molecule has 0 bridgehead atoms. The number of fused-ring (bicyclic) bond motifs is 1. The van der Waals surface area contributed by atoms with Crippen LogP contribution in [0.1, 0.15) is 17.2 Å². The molecule has 2 aromatic heterocycles. The Morgan fingerprint density at radius 3 is 2.13 bits per heavy atom. The van der Waals surface area contributed by atoms with Crippen LogP contribution in [0.2, 0.25) is 0 Å². The Hall–Kier alpha value is -4.25. The van der Waals surface area contributed by atoms with Gasteiger partial charge in [-0.15, -0.1) is 0 Å². The van der Waals surface area contributed by atoms with E-state index in [0.717, 1.165) is 33.3 Å². The average molecular weight is 403 g/mol. The number of hydrogen-bond acceptors (Lipinski definition) is 5. The number of pyridine rings is 1. The first-order valence-corrected chi connectivity index (χ1v) is 10.1. The summed E-state index contributed by atoms with van der Waals surface area (Å²) in [7, 11) is 0. The highest BCUT2D eigenvalue weighted by atomic mass is 15.1. The molecule has 0 spiro atoms. The van der Waals surface area contributed by atoms with Gasteiger partial charge in [0, 0.05) is 17.1 Å². The molecule has 5 heteroatoms. The van der Waals surface area contributed by atoms with Gasteiger partial charge in [-0.25, -0.2) is 9.97 Å². The van der Waals surface area contributed by atoms with E-state index in [1.54, 1.807) is 12.4 Å². The highest BCUT2D eigenvalue weighted by molar-refractivity contribution is 5.93. The van der Waals surface area contributed by atoms with Crippen LogP contribution in [0.3, 0.4) is 0 Å². The maximum Gasteiger partial charge on any atom is 0.170 e. The lowest BCUT2D eigenvalue weighted by molar-refractivity contribution is 0.924. The lowest BCUT2D eigenvalue weighted by Crippen LogP contribution is -2.15. The largest absolute Gasteiger partial charge is 0.381 e. The van der Waals surface area contributed by atoms with Gasteiger partial charge < -0.3 is 11.1 Å². The standard InChI is InChI=1S/C26H21N5/c27-25-26(31-24(18-9-3-1-4-10-18)19-11-5-2-6-12-19)30-23(17-29-25)21-13-7-15-22-20(21)14-8-16-28-22/h1-17,24H,(H2,27,29)(H,30,31). The Morgan fingerprint density at radius 1 is 0.710 bits per heavy atom. The molecule has 0 saturated heterocycles. The summed E-state index contributed by atoms with van der Waals surface area (Å²) in [4.78, 5) is 13.7. The highest BCUT2D eigenvalue weighted by Crippen LogP contribution is 2.31. The maximum absolute atomic E-state index is 6.24. The van der Waals surface area contributed by atoms with Gasteiger partial charge in [0.1, 0.15) is 0 Å². The van der Waals surface area contributed by atoms with Crippen molar-refractivity contribution < 1.29 is 0 Å². The van der Waals surface area contributed by atoms with Crippen LogP contribution in [-0.4, -0.2) is 15.0 Å². The van der Waals surface area contributed by atoms with Crippen LogP contribution in [0.5, 0.6) is 0 Å². The molecule has 5 aromatic rings. The quantitative estimate of drug-likeness (QED) is 0.407. The van der Waals surface area contributed by atoms with E-state index in [2.05, 4.69) is 39.6 Å². The van der Waals surface area contributed by atoms with Gasteiger partial charge >= 0.3 is 0 Å². The lowest BCUT2D eigenvalue weighted by Gasteiger charge is -2.21. The Balaban J connectivity index is 1.58. The third-order valence-electron chi connectivity index (χ3n) is 5.27. The monoisotopic (exact) mass is 403 g/mol. The Kier molecular flexibility index (Phi) is 4.99. The summed E-state index contributed by atoms with van der Waals surface area (Å²) in [6, 6.07) is 30.4. The summed E-state index contributed by atoms with van der Waals surface area (Å²) in [6.07, 6.45) is 3.50. The number of nitrogens with two attached hydrogens (primary N) is 1. The van der Waals surface area contributed by atoms with E-state index in [1.807, 2.05) is 66.7 Å². The fraction of sp³-hybridized carbons (Fsp3) is 0.0385. The van der Waals surface area contributed by atoms with Crippen molar-refractivity contribution in [1.29, 1.82) is 0 Å². The summed E-state index contributed by atoms with van der Waals surface area (Å²) < 4.78 is 0. The summed E-state index contributed by atoms with van der Waals surface area (Å²) in [5, 5.41) is 4.55. The number of nitrogens with zero attached hydrogens (tertiary/aromatic N) is 3. The van der Waals surface area contributed by atoms with Crippen LogP contribution in [0.15, 0.2) is 103 Å². The van der Waals surface area contributed by atoms with Gasteiger partial charge in [-0.3, -0.25) is 4.98 Å². The first kappa shape index (κ1) is 18.8. The average Bonchev–Trinajstić information content (AvgIpc) is 2.84. The van der Waals surface area contributed by atoms with E-state index in [9.17, 15) is 0 Å². The van der Waals surface area contributed by atoms with Crippen molar-refractivity contribution >= 4 is 22.5 Å². The van der Waals surface area contributed by atoms with Gasteiger partial charge in [-0.2, -0.15) is 0 Å². The predicted molar refractivity (Wildman–Crippen MR) is 126 cm³/mol. The molecule has 5 rings (SSSR count). The number of nitrogens with one attached hydrogen (secondary N) is 1. The van der Waals surface area contributed by atoms with Crippen molar-refractivity contribution in [3.05, 3.63) is 115 Å². The topological polar surface area (TPSA) is 76.7 Å². The van der Waals surface area contributed by atoms with Gasteiger partial charge in [0.15, 0.2) is 11.6 Å². The fourth-order valence-corrected chi connectivity index (χ4v) is 3.75. The van der Waals surface area contributed by atoms with Crippen molar-refractivity contribution in [2.45, 2.75) is 6.04 Å². The molecule has 0 amide bonds. The van der Waals surface area contributed by atoms with Crippen LogP contribution in [-0.2, 0) is 0 Å². The van der Waals surface area contributed by atoms with Crippen molar-refractivity contribution in [3.8, 4) is 11.3 Å². The molecule has 0 unspecified atom stereocenters. The molecule has 0 radical (unpaired) electrons. The smallest absolute Gasteiger partial charge is 0.170 e. The highest BCUT2D eigenvalue weighted by Gasteiger charge is 2.17. The van der Waals surface area contributed by atoms with E-state index in [1.165, 1.54) is 0 Å². The van der Waals surface area contributed by atoms with Gasteiger partial charge in [0.25, 0.3) is 0 Å². The second-order valence-electron chi connectivity index (χ2n) is 7.26. The molecule has 0 aliphatic rings. The minimum Gasteiger partial charge on any atom is -0.381 e. The molecule has 0 aliphatic carbocycles. The zero-order chi connectivity index (χ0) is 21.0. The molecule has 31 heavy (non-hydrogen) atoms. The predicted octanol–water partition coefficient (Wildman–Crippen LogP) is 5.48. The molecule has 0 aliphatic heterocycles. The summed E-state index contributed by atoms with van der Waals surface area (Å²) in [5.74, 6) is 0.912. The van der Waals surface area contributed by atoms with Crippen LogP contribution >= 0.6 is 0 Å². The number of hydrogen-bond donors (Lipinski definition) is 2. The summed E-state index contributed by atoms with van der Waals surface area (Å²) in [5.41, 5.74) is 11.1. The first-order chi connectivity index (χ1) is 15.3. The molecule has 2 heterocycles. The van der Waals surface area contributed by atoms with Crippen LogP contribution < -0.4 is 11.1 Å². The molecule has 0 fully saturated rings. The molecule has 0 saturated carbocycles. The van der Waals surface area contributed by atoms with Gasteiger partial charge in [0.05, 0.1) is 23.4 Å². The van der Waals surface area contributed by atoms with E-state index < -0.39 is 0 Å². The second-order valence-corrected chi connectivity index (χ2v) is 7.26. The van der Waals surface area contributed by atoms with Crippen LogP contribution in [0.25, 0.3) is 22.2 Å². The van der Waals surface area contributed by atoms with E-state index in [0.29, 0.717) is 11.6 Å². The second kappa shape index (κ2) is 8.24. The maximum atomic E-state index is 6.24. The molecule has 3 N–H and O–H groups in total. The molecule has 5 nitrogen and oxygen atoms in total. The number of nitrogen functional groups attached to an aromatic ring is 1. The third-order valence-corrected chi connectivity index (χ3v) is 5.27. The molecular formula is C26H21N5. The minimum absolute atomic E-state index is 0.108. The fourth-order valence-electron chi connectivity index (χ4n) is 3.75. The molecule has 150 valence electrons. The summed E-state index contributed by atoms with van der Waals surface area (Å²) >= 11 is 0. The minimum atomic E-state index is -0.108. The Morgan fingerprint density at radius 2 is 1.42 bits per heavy atom. The Bertz CT molecular complexity index is 1280. The van der Waals surface area contributed by atoms with Crippen molar-refractivity contribution in [2.24, 2.45) is 0 Å². The molecule has 0 atom stereocenters. The van der Waals surface area contributed by atoms with Crippen molar-refractivity contribution in [3.63, 3.8) is 0 Å². The normalized spacial score (nSPS) is 11.0. The number of anilines is 2. The van der Waals surface area contributed by atoms with E-state index in [4.69, 9.17) is 10.7 Å².